The molecule has 1 aromatic rings. The molecule has 1 nitrogen and oxygen atoms in total. The Kier molecular flexibility index (Phi) is 3.22. The molecule has 0 fully saturated rings. The van der Waals surface area contributed by atoms with E-state index < -0.39 is 0 Å². The van der Waals surface area contributed by atoms with Gasteiger partial charge in [0.15, 0.2) is 0 Å². The summed E-state index contributed by atoms with van der Waals surface area (Å²) in [6.45, 7) is 2.19. The summed E-state index contributed by atoms with van der Waals surface area (Å²) in [5.41, 5.74) is 10.1. The highest BCUT2D eigenvalue weighted by Gasteiger charge is 2.11. The average Bonchev–Trinajstić information content (AvgIpc) is 2.30. The number of nitrogens with two attached hydrogens (primary N) is 1. The lowest BCUT2D eigenvalue weighted by Gasteiger charge is -2.18. The minimum absolute atomic E-state index is 0.378. The molecule has 0 heterocycles. The molecule has 1 aromatic carbocycles. The number of allylic oxidation sites excluding steroid dienone is 1. The zero-order valence-electron chi connectivity index (χ0n) is 9.37. The van der Waals surface area contributed by atoms with Gasteiger partial charge in [-0.25, -0.2) is 0 Å². The van der Waals surface area contributed by atoms with Crippen molar-refractivity contribution in [1.82, 2.24) is 0 Å². The first-order valence-corrected chi connectivity index (χ1v) is 5.83. The lowest BCUT2D eigenvalue weighted by molar-refractivity contribution is 0.614. The molecule has 0 saturated heterocycles. The average molecular weight is 201 g/mol. The van der Waals surface area contributed by atoms with Crippen LogP contribution >= 0.6 is 0 Å². The first-order chi connectivity index (χ1) is 7.29. The Bertz CT molecular complexity index is 348. The van der Waals surface area contributed by atoms with Crippen LogP contribution in [-0.4, -0.2) is 6.04 Å². The largest absolute Gasteiger partial charge is 0.327 e. The van der Waals surface area contributed by atoms with Crippen LogP contribution in [0.15, 0.2) is 30.3 Å². The van der Waals surface area contributed by atoms with E-state index in [2.05, 4.69) is 37.3 Å². The molecular weight excluding hydrogens is 182 g/mol. The van der Waals surface area contributed by atoms with Gasteiger partial charge < -0.3 is 5.73 Å². The van der Waals surface area contributed by atoms with Crippen molar-refractivity contribution in [2.24, 2.45) is 5.73 Å². The van der Waals surface area contributed by atoms with E-state index in [0.717, 1.165) is 25.7 Å². The first kappa shape index (κ1) is 10.4. The van der Waals surface area contributed by atoms with Crippen LogP contribution in [0.5, 0.6) is 0 Å². The summed E-state index contributed by atoms with van der Waals surface area (Å²) in [6.07, 6.45) is 6.71. The fourth-order valence-corrected chi connectivity index (χ4v) is 2.07. The van der Waals surface area contributed by atoms with Crippen molar-refractivity contribution in [3.05, 3.63) is 41.5 Å². The molecule has 1 aliphatic carbocycles. The topological polar surface area (TPSA) is 26.0 Å². The molecule has 1 aliphatic rings. The Hall–Kier alpha value is -1.08. The first-order valence-electron chi connectivity index (χ1n) is 5.83. The SMILES string of the molecule is CCc1ccc(C2=CC[C@@H](N)CC2)cc1. The standard InChI is InChI=1S/C14H19N/c1-2-11-3-5-12(6-4-11)13-7-9-14(15)10-8-13/h3-7,14H,2,8-10,15H2,1H3/t14-/m1/s1. The zero-order chi connectivity index (χ0) is 10.7. The second kappa shape index (κ2) is 4.63. The van der Waals surface area contributed by atoms with Gasteiger partial charge in [0.1, 0.15) is 0 Å². The molecule has 1 heteroatoms. The van der Waals surface area contributed by atoms with Crippen LogP contribution in [0, 0.1) is 0 Å². The molecule has 0 bridgehead atoms. The maximum atomic E-state index is 5.88. The molecule has 0 aromatic heterocycles. The highest BCUT2D eigenvalue weighted by molar-refractivity contribution is 5.66. The third-order valence-corrected chi connectivity index (χ3v) is 3.18. The van der Waals surface area contributed by atoms with Crippen molar-refractivity contribution >= 4 is 5.57 Å². The summed E-state index contributed by atoms with van der Waals surface area (Å²) >= 11 is 0. The maximum absolute atomic E-state index is 5.88. The van der Waals surface area contributed by atoms with E-state index in [1.165, 1.54) is 16.7 Å². The highest BCUT2D eigenvalue weighted by Crippen LogP contribution is 2.26. The number of benzene rings is 1. The van der Waals surface area contributed by atoms with E-state index in [4.69, 9.17) is 5.73 Å². The molecule has 2 N–H and O–H groups in total. The van der Waals surface area contributed by atoms with Gasteiger partial charge >= 0.3 is 0 Å². The van der Waals surface area contributed by atoms with Crippen LogP contribution in [0.1, 0.15) is 37.3 Å². The molecule has 0 radical (unpaired) electrons. The summed E-state index contributed by atoms with van der Waals surface area (Å²) < 4.78 is 0. The number of hydrogen-bond acceptors (Lipinski definition) is 1. The smallest absolute Gasteiger partial charge is 0.00767 e. The van der Waals surface area contributed by atoms with Crippen molar-refractivity contribution in [3.8, 4) is 0 Å². The van der Waals surface area contributed by atoms with Crippen molar-refractivity contribution < 1.29 is 0 Å². The molecule has 0 saturated carbocycles. The van der Waals surface area contributed by atoms with Gasteiger partial charge in [0.05, 0.1) is 0 Å². The Morgan fingerprint density at radius 3 is 2.53 bits per heavy atom. The minimum Gasteiger partial charge on any atom is -0.327 e. The van der Waals surface area contributed by atoms with Gasteiger partial charge in [0.2, 0.25) is 0 Å². The van der Waals surface area contributed by atoms with Crippen molar-refractivity contribution in [3.63, 3.8) is 0 Å². The van der Waals surface area contributed by atoms with Crippen LogP contribution in [0.3, 0.4) is 0 Å². The second-order valence-corrected chi connectivity index (χ2v) is 4.31. The Morgan fingerprint density at radius 2 is 2.00 bits per heavy atom. The van der Waals surface area contributed by atoms with Gasteiger partial charge in [-0.3, -0.25) is 0 Å². The van der Waals surface area contributed by atoms with Gasteiger partial charge in [-0.2, -0.15) is 0 Å². The van der Waals surface area contributed by atoms with Crippen molar-refractivity contribution in [1.29, 1.82) is 0 Å². The Balaban J connectivity index is 2.16. The molecule has 80 valence electrons. The van der Waals surface area contributed by atoms with E-state index in [-0.39, 0.29) is 0 Å². The Labute approximate surface area is 92.0 Å². The molecule has 0 spiro atoms. The van der Waals surface area contributed by atoms with Crippen LogP contribution in [-0.2, 0) is 6.42 Å². The summed E-state index contributed by atoms with van der Waals surface area (Å²) in [6, 6.07) is 9.31. The molecule has 0 amide bonds. The molecule has 2 rings (SSSR count). The lowest BCUT2D eigenvalue weighted by atomic mass is 9.91. The highest BCUT2D eigenvalue weighted by atomic mass is 14.6. The Morgan fingerprint density at radius 1 is 1.27 bits per heavy atom. The monoisotopic (exact) mass is 201 g/mol. The molecule has 0 aliphatic heterocycles. The number of aryl methyl sites for hydroxylation is 1. The number of rotatable bonds is 2. The van der Waals surface area contributed by atoms with Crippen molar-refractivity contribution in [2.75, 3.05) is 0 Å². The summed E-state index contributed by atoms with van der Waals surface area (Å²) in [5, 5.41) is 0. The van der Waals surface area contributed by atoms with Gasteiger partial charge in [0.25, 0.3) is 0 Å². The van der Waals surface area contributed by atoms with Gasteiger partial charge in [-0.15, -0.1) is 0 Å². The summed E-state index contributed by atoms with van der Waals surface area (Å²) in [7, 11) is 0. The normalized spacial score (nSPS) is 21.2. The minimum atomic E-state index is 0.378. The van der Waals surface area contributed by atoms with Crippen molar-refractivity contribution in [2.45, 2.75) is 38.6 Å². The molecule has 1 atom stereocenters. The van der Waals surface area contributed by atoms with E-state index >= 15 is 0 Å². The van der Waals surface area contributed by atoms with E-state index in [0.29, 0.717) is 6.04 Å². The second-order valence-electron chi connectivity index (χ2n) is 4.31. The maximum Gasteiger partial charge on any atom is 0.00767 e. The van der Waals surface area contributed by atoms with Gasteiger partial charge in [-0.05, 0) is 42.4 Å². The predicted molar refractivity (Wildman–Crippen MR) is 65.6 cm³/mol. The van der Waals surface area contributed by atoms with Crippen LogP contribution in [0.2, 0.25) is 0 Å². The van der Waals surface area contributed by atoms with E-state index in [9.17, 15) is 0 Å². The van der Waals surface area contributed by atoms with Crippen LogP contribution in [0.4, 0.5) is 0 Å². The predicted octanol–water partition coefficient (Wildman–Crippen LogP) is 3.14. The fraction of sp³-hybridized carbons (Fsp3) is 0.429. The lowest BCUT2D eigenvalue weighted by Crippen LogP contribution is -2.21. The molecular formula is C14H19N. The zero-order valence-corrected chi connectivity index (χ0v) is 9.37. The van der Waals surface area contributed by atoms with Gasteiger partial charge in [-0.1, -0.05) is 37.3 Å². The third kappa shape index (κ3) is 2.48. The van der Waals surface area contributed by atoms with Crippen LogP contribution < -0.4 is 5.73 Å². The third-order valence-electron chi connectivity index (χ3n) is 3.18. The van der Waals surface area contributed by atoms with E-state index in [1.54, 1.807) is 0 Å². The van der Waals surface area contributed by atoms with Crippen LogP contribution in [0.25, 0.3) is 5.57 Å². The fourth-order valence-electron chi connectivity index (χ4n) is 2.07. The molecule has 15 heavy (non-hydrogen) atoms. The van der Waals surface area contributed by atoms with Gasteiger partial charge in [0, 0.05) is 6.04 Å². The van der Waals surface area contributed by atoms with E-state index in [1.807, 2.05) is 0 Å². The number of hydrogen-bond donors (Lipinski definition) is 1. The summed E-state index contributed by atoms with van der Waals surface area (Å²) in [4.78, 5) is 0. The summed E-state index contributed by atoms with van der Waals surface area (Å²) in [5.74, 6) is 0. The molecule has 0 unspecified atom stereocenters. The quantitative estimate of drug-likeness (QED) is 0.781.